The first-order valence-corrected chi connectivity index (χ1v) is 8.06. The molecule has 1 aliphatic carbocycles. The number of hydrogen-bond donors (Lipinski definition) is 1. The lowest BCUT2D eigenvalue weighted by Crippen LogP contribution is -2.50. The number of phenols is 1. The van der Waals surface area contributed by atoms with Crippen molar-refractivity contribution in [2.45, 2.75) is 37.3 Å². The highest BCUT2D eigenvalue weighted by molar-refractivity contribution is 5.55. The van der Waals surface area contributed by atoms with E-state index in [1.807, 2.05) is 6.07 Å². The summed E-state index contributed by atoms with van der Waals surface area (Å²) >= 11 is 0. The minimum atomic E-state index is -0.0987. The second-order valence-electron chi connectivity index (χ2n) is 6.55. The molecule has 4 heteroatoms. The smallest absolute Gasteiger partial charge is 0.126 e. The molecule has 2 aliphatic heterocycles. The van der Waals surface area contributed by atoms with Crippen molar-refractivity contribution in [2.75, 3.05) is 27.3 Å². The van der Waals surface area contributed by atoms with Gasteiger partial charge < -0.3 is 14.6 Å². The standard InChI is InChI=1S/C18H23NO3/c1-21-14-4-3-12-5-7-19-8-6-15-16(18(12,19)11-14)9-13(20)10-17(15)22-2/h3,9-10,14,20H,4-8,11H2,1-2H3/t14?,18-/m0/s1. The van der Waals surface area contributed by atoms with E-state index in [-0.39, 0.29) is 17.4 Å². The molecule has 0 bridgehead atoms. The fourth-order valence-electron chi connectivity index (χ4n) is 4.70. The number of fused-ring (bicyclic) bond motifs is 1. The monoisotopic (exact) mass is 301 g/mol. The number of benzene rings is 1. The quantitative estimate of drug-likeness (QED) is 0.853. The zero-order valence-electron chi connectivity index (χ0n) is 13.3. The van der Waals surface area contributed by atoms with Crippen LogP contribution in [0.25, 0.3) is 0 Å². The van der Waals surface area contributed by atoms with Crippen LogP contribution >= 0.6 is 0 Å². The maximum atomic E-state index is 10.2. The summed E-state index contributed by atoms with van der Waals surface area (Å²) in [6.07, 6.45) is 6.66. The molecule has 4 nitrogen and oxygen atoms in total. The highest BCUT2D eigenvalue weighted by Crippen LogP contribution is 2.54. The summed E-state index contributed by atoms with van der Waals surface area (Å²) < 4.78 is 11.2. The molecule has 1 aromatic rings. The number of aromatic hydroxyl groups is 1. The summed E-state index contributed by atoms with van der Waals surface area (Å²) in [5.74, 6) is 1.10. The van der Waals surface area contributed by atoms with Crippen LogP contribution in [0.5, 0.6) is 11.5 Å². The van der Waals surface area contributed by atoms with Gasteiger partial charge in [-0.1, -0.05) is 6.08 Å². The van der Waals surface area contributed by atoms with Gasteiger partial charge in [-0.3, -0.25) is 4.90 Å². The fourth-order valence-corrected chi connectivity index (χ4v) is 4.70. The lowest BCUT2D eigenvalue weighted by atomic mass is 9.70. The third-order valence-electron chi connectivity index (χ3n) is 5.70. The molecule has 22 heavy (non-hydrogen) atoms. The van der Waals surface area contributed by atoms with Crippen molar-refractivity contribution < 1.29 is 14.6 Å². The Morgan fingerprint density at radius 2 is 2.05 bits per heavy atom. The average Bonchev–Trinajstić information content (AvgIpc) is 2.93. The van der Waals surface area contributed by atoms with Gasteiger partial charge in [-0.15, -0.1) is 0 Å². The number of phenolic OH excluding ortho intramolecular Hbond substituents is 1. The Balaban J connectivity index is 1.94. The summed E-state index contributed by atoms with van der Waals surface area (Å²) in [5.41, 5.74) is 3.87. The van der Waals surface area contributed by atoms with Crippen molar-refractivity contribution in [3.05, 3.63) is 34.9 Å². The van der Waals surface area contributed by atoms with E-state index in [2.05, 4.69) is 11.0 Å². The Morgan fingerprint density at radius 1 is 1.23 bits per heavy atom. The van der Waals surface area contributed by atoms with Gasteiger partial charge >= 0.3 is 0 Å². The normalized spacial score (nSPS) is 30.3. The van der Waals surface area contributed by atoms with Crippen molar-refractivity contribution in [1.82, 2.24) is 4.90 Å². The minimum Gasteiger partial charge on any atom is -0.508 e. The van der Waals surface area contributed by atoms with Gasteiger partial charge in [-0.25, -0.2) is 0 Å². The van der Waals surface area contributed by atoms with Gasteiger partial charge in [0.25, 0.3) is 0 Å². The lowest BCUT2D eigenvalue weighted by Gasteiger charge is -2.48. The molecule has 1 unspecified atom stereocenters. The van der Waals surface area contributed by atoms with E-state index in [9.17, 15) is 5.11 Å². The van der Waals surface area contributed by atoms with Crippen molar-refractivity contribution >= 4 is 0 Å². The largest absolute Gasteiger partial charge is 0.508 e. The maximum absolute atomic E-state index is 10.2. The van der Waals surface area contributed by atoms with Crippen LogP contribution < -0.4 is 4.74 Å². The number of hydrogen-bond acceptors (Lipinski definition) is 4. The Labute approximate surface area is 131 Å². The van der Waals surface area contributed by atoms with Crippen molar-refractivity contribution in [3.63, 3.8) is 0 Å². The summed E-state index contributed by atoms with van der Waals surface area (Å²) in [6.45, 7) is 2.14. The van der Waals surface area contributed by atoms with E-state index in [0.717, 1.165) is 44.5 Å². The molecule has 0 aromatic heterocycles. The molecule has 0 radical (unpaired) electrons. The Morgan fingerprint density at radius 3 is 2.82 bits per heavy atom. The Kier molecular flexibility index (Phi) is 3.20. The zero-order valence-corrected chi connectivity index (χ0v) is 13.3. The van der Waals surface area contributed by atoms with Crippen LogP contribution in [0.4, 0.5) is 0 Å². The van der Waals surface area contributed by atoms with E-state index in [4.69, 9.17) is 9.47 Å². The number of ether oxygens (including phenoxy) is 2. The predicted molar refractivity (Wildman–Crippen MR) is 84.3 cm³/mol. The molecular formula is C18H23NO3. The molecule has 3 aliphatic rings. The van der Waals surface area contributed by atoms with Crippen LogP contribution in [0.15, 0.2) is 23.8 Å². The van der Waals surface area contributed by atoms with Gasteiger partial charge in [0.15, 0.2) is 0 Å². The predicted octanol–water partition coefficient (Wildman–Crippen LogP) is 2.59. The van der Waals surface area contributed by atoms with Crippen LogP contribution in [0.2, 0.25) is 0 Å². The highest BCUT2D eigenvalue weighted by Gasteiger charge is 2.52. The first-order valence-electron chi connectivity index (χ1n) is 8.06. The van der Waals surface area contributed by atoms with Crippen molar-refractivity contribution in [2.24, 2.45) is 0 Å². The highest BCUT2D eigenvalue weighted by atomic mass is 16.5. The molecule has 0 amide bonds. The van der Waals surface area contributed by atoms with Gasteiger partial charge in [0, 0.05) is 38.2 Å². The Bertz CT molecular complexity index is 639. The molecule has 1 saturated heterocycles. The van der Waals surface area contributed by atoms with Crippen LogP contribution in [0.1, 0.15) is 30.4 Å². The zero-order chi connectivity index (χ0) is 15.3. The second-order valence-corrected chi connectivity index (χ2v) is 6.55. The fraction of sp³-hybridized carbons (Fsp3) is 0.556. The summed E-state index contributed by atoms with van der Waals surface area (Å²) in [7, 11) is 3.48. The van der Waals surface area contributed by atoms with Gasteiger partial charge in [0.1, 0.15) is 11.5 Å². The Hall–Kier alpha value is -1.52. The van der Waals surface area contributed by atoms with E-state index < -0.39 is 0 Å². The lowest BCUT2D eigenvalue weighted by molar-refractivity contribution is 0.0287. The second kappa shape index (κ2) is 5.00. The molecular weight excluding hydrogens is 278 g/mol. The summed E-state index contributed by atoms with van der Waals surface area (Å²) in [5, 5.41) is 10.2. The molecule has 1 fully saturated rings. The molecule has 1 spiro atoms. The van der Waals surface area contributed by atoms with Gasteiger partial charge in [0.2, 0.25) is 0 Å². The number of rotatable bonds is 2. The molecule has 0 saturated carbocycles. The molecule has 2 atom stereocenters. The SMILES string of the molecule is COc1cc(O)cc2c1CCN1CCC3=CCC(OC)C[C@]321. The average molecular weight is 301 g/mol. The van der Waals surface area contributed by atoms with Gasteiger partial charge in [-0.2, -0.15) is 0 Å². The number of methoxy groups -OCH3 is 2. The van der Waals surface area contributed by atoms with Crippen LogP contribution in [0, 0.1) is 0 Å². The third-order valence-corrected chi connectivity index (χ3v) is 5.70. The molecule has 118 valence electrons. The van der Waals surface area contributed by atoms with E-state index >= 15 is 0 Å². The molecule has 2 heterocycles. The topological polar surface area (TPSA) is 41.9 Å². The van der Waals surface area contributed by atoms with E-state index in [1.54, 1.807) is 20.3 Å². The number of nitrogens with zero attached hydrogens (tertiary/aromatic N) is 1. The van der Waals surface area contributed by atoms with Gasteiger partial charge in [0.05, 0.1) is 18.8 Å². The van der Waals surface area contributed by atoms with Crippen LogP contribution in [-0.2, 0) is 16.7 Å². The molecule has 4 rings (SSSR count). The minimum absolute atomic E-state index is 0.0987. The summed E-state index contributed by atoms with van der Waals surface area (Å²) in [6, 6.07) is 3.68. The van der Waals surface area contributed by atoms with E-state index in [1.165, 1.54) is 16.7 Å². The first-order chi connectivity index (χ1) is 10.7. The van der Waals surface area contributed by atoms with Crippen LogP contribution in [-0.4, -0.2) is 43.4 Å². The van der Waals surface area contributed by atoms with Gasteiger partial charge in [-0.05, 0) is 36.5 Å². The first kappa shape index (κ1) is 14.1. The summed E-state index contributed by atoms with van der Waals surface area (Å²) in [4.78, 5) is 2.57. The maximum Gasteiger partial charge on any atom is 0.126 e. The molecule has 1 N–H and O–H groups in total. The van der Waals surface area contributed by atoms with Crippen molar-refractivity contribution in [3.8, 4) is 11.5 Å². The van der Waals surface area contributed by atoms with Crippen LogP contribution in [0.3, 0.4) is 0 Å². The van der Waals surface area contributed by atoms with E-state index in [0.29, 0.717) is 0 Å². The molecule has 1 aromatic carbocycles. The van der Waals surface area contributed by atoms with Crippen molar-refractivity contribution in [1.29, 1.82) is 0 Å². The third kappa shape index (κ3) is 1.77.